The summed E-state index contributed by atoms with van der Waals surface area (Å²) in [5, 5.41) is 0.175. The van der Waals surface area contributed by atoms with Gasteiger partial charge in [0, 0.05) is 10.9 Å². The first kappa shape index (κ1) is 14.8. The summed E-state index contributed by atoms with van der Waals surface area (Å²) < 4.78 is 30.4. The Balaban J connectivity index is 3.13. The minimum atomic E-state index is -2.66. The van der Waals surface area contributed by atoms with E-state index in [1.807, 2.05) is 0 Å². The molecule has 1 rings (SSSR count). The predicted molar refractivity (Wildman–Crippen MR) is 66.6 cm³/mol. The van der Waals surface area contributed by atoms with E-state index in [2.05, 4.69) is 20.9 Å². The molecular formula is C11H13BrF2N2O2. The highest BCUT2D eigenvalue weighted by atomic mass is 79.9. The molecule has 18 heavy (non-hydrogen) atoms. The van der Waals surface area contributed by atoms with Crippen molar-refractivity contribution >= 4 is 27.7 Å². The van der Waals surface area contributed by atoms with E-state index in [0.29, 0.717) is 0 Å². The van der Waals surface area contributed by atoms with Crippen molar-refractivity contribution in [2.75, 3.05) is 12.3 Å². The summed E-state index contributed by atoms with van der Waals surface area (Å²) in [4.78, 5) is 15.3. The maximum Gasteiger partial charge on any atom is 0.311 e. The zero-order chi connectivity index (χ0) is 13.7. The van der Waals surface area contributed by atoms with Crippen LogP contribution in [0.3, 0.4) is 0 Å². The number of anilines is 1. The molecule has 0 unspecified atom stereocenters. The number of ether oxygens (including phenoxy) is 1. The van der Waals surface area contributed by atoms with Gasteiger partial charge in [0.15, 0.2) is 0 Å². The molecule has 0 saturated carbocycles. The van der Waals surface area contributed by atoms with E-state index in [-0.39, 0.29) is 41.0 Å². The molecule has 0 amide bonds. The Labute approximate surface area is 112 Å². The molecule has 0 saturated heterocycles. The predicted octanol–water partition coefficient (Wildman–Crippen LogP) is 2.60. The average molecular weight is 323 g/mol. The van der Waals surface area contributed by atoms with Gasteiger partial charge in [-0.15, -0.1) is 0 Å². The molecular weight excluding hydrogens is 310 g/mol. The largest absolute Gasteiger partial charge is 0.466 e. The van der Waals surface area contributed by atoms with Crippen molar-refractivity contribution in [3.63, 3.8) is 0 Å². The summed E-state index contributed by atoms with van der Waals surface area (Å²) in [6, 6.07) is 1.12. The third-order valence-electron chi connectivity index (χ3n) is 2.25. The van der Waals surface area contributed by atoms with Crippen LogP contribution in [0.2, 0.25) is 0 Å². The van der Waals surface area contributed by atoms with Gasteiger partial charge >= 0.3 is 5.97 Å². The van der Waals surface area contributed by atoms with E-state index < -0.39 is 12.4 Å². The fourth-order valence-corrected chi connectivity index (χ4v) is 2.16. The van der Waals surface area contributed by atoms with Gasteiger partial charge in [-0.25, -0.2) is 13.8 Å². The lowest BCUT2D eigenvalue weighted by Crippen LogP contribution is -2.13. The number of rotatable bonds is 5. The molecule has 0 bridgehead atoms. The van der Waals surface area contributed by atoms with Crippen molar-refractivity contribution in [1.29, 1.82) is 0 Å². The number of carbonyl (C=O) groups is 1. The smallest absolute Gasteiger partial charge is 0.311 e. The molecule has 0 atom stereocenters. The molecule has 0 aliphatic heterocycles. The van der Waals surface area contributed by atoms with Crippen molar-refractivity contribution in [3.05, 3.63) is 22.9 Å². The molecule has 1 heterocycles. The number of aromatic nitrogens is 1. The number of alkyl halides is 3. The second-order valence-corrected chi connectivity index (χ2v) is 4.04. The van der Waals surface area contributed by atoms with Gasteiger partial charge in [0.05, 0.1) is 18.7 Å². The second kappa shape index (κ2) is 6.63. The first-order valence-electron chi connectivity index (χ1n) is 5.27. The quantitative estimate of drug-likeness (QED) is 0.668. The number of hydrogen-bond donors (Lipinski definition) is 1. The lowest BCUT2D eigenvalue weighted by molar-refractivity contribution is -0.142. The lowest BCUT2D eigenvalue weighted by Gasteiger charge is -2.12. The summed E-state index contributed by atoms with van der Waals surface area (Å²) in [5.74, 6) is -0.549. The zero-order valence-electron chi connectivity index (χ0n) is 9.75. The van der Waals surface area contributed by atoms with E-state index in [4.69, 9.17) is 10.5 Å². The molecule has 0 aliphatic carbocycles. The molecule has 1 aromatic heterocycles. The van der Waals surface area contributed by atoms with E-state index >= 15 is 0 Å². The van der Waals surface area contributed by atoms with Crippen molar-refractivity contribution in [3.8, 4) is 0 Å². The monoisotopic (exact) mass is 322 g/mol. The van der Waals surface area contributed by atoms with Crippen LogP contribution in [0.25, 0.3) is 0 Å². The number of esters is 1. The van der Waals surface area contributed by atoms with Crippen LogP contribution in [0.1, 0.15) is 30.2 Å². The Bertz CT molecular complexity index is 441. The molecule has 1 aromatic rings. The third-order valence-corrected chi connectivity index (χ3v) is 2.81. The summed E-state index contributed by atoms with van der Waals surface area (Å²) in [6.45, 7) is 1.90. The third kappa shape index (κ3) is 3.63. The van der Waals surface area contributed by atoms with Crippen LogP contribution in [0.5, 0.6) is 0 Å². The Morgan fingerprint density at radius 2 is 2.28 bits per heavy atom. The molecule has 0 aromatic carbocycles. The second-order valence-electron chi connectivity index (χ2n) is 3.48. The van der Waals surface area contributed by atoms with Gasteiger partial charge in [0.2, 0.25) is 0 Å². The van der Waals surface area contributed by atoms with Crippen molar-refractivity contribution in [2.45, 2.75) is 25.1 Å². The number of carbonyl (C=O) groups excluding carboxylic acids is 1. The number of nitrogen functional groups attached to an aromatic ring is 1. The van der Waals surface area contributed by atoms with Gasteiger partial charge in [-0.1, -0.05) is 15.9 Å². The maximum absolute atomic E-state index is 12.8. The molecule has 100 valence electrons. The van der Waals surface area contributed by atoms with E-state index in [9.17, 15) is 13.6 Å². The summed E-state index contributed by atoms with van der Waals surface area (Å²) in [5.41, 5.74) is 5.76. The first-order valence-corrected chi connectivity index (χ1v) is 6.39. The highest BCUT2D eigenvalue weighted by Gasteiger charge is 2.19. The van der Waals surface area contributed by atoms with E-state index in [1.54, 1.807) is 6.92 Å². The number of hydrogen-bond acceptors (Lipinski definition) is 4. The fourth-order valence-electron chi connectivity index (χ4n) is 1.51. The van der Waals surface area contributed by atoms with Gasteiger partial charge in [-0.2, -0.15) is 0 Å². The van der Waals surface area contributed by atoms with Crippen LogP contribution in [-0.4, -0.2) is 17.6 Å². The number of nitrogens with zero attached hydrogens (tertiary/aromatic N) is 1. The number of halogens is 3. The van der Waals surface area contributed by atoms with E-state index in [0.717, 1.165) is 6.07 Å². The standard InChI is InChI=1S/C11H13BrF2N2O2/c1-2-18-10(17)4-8-7(5-12)6(11(13)14)3-9(15)16-8/h3,11H,2,4-5H2,1H3,(H2,15,16). The Morgan fingerprint density at radius 1 is 1.61 bits per heavy atom. The lowest BCUT2D eigenvalue weighted by atomic mass is 10.1. The van der Waals surface area contributed by atoms with Gasteiger partial charge in [0.25, 0.3) is 6.43 Å². The molecule has 2 N–H and O–H groups in total. The van der Waals surface area contributed by atoms with Crippen LogP contribution >= 0.6 is 15.9 Å². The normalized spacial score (nSPS) is 10.7. The molecule has 0 aliphatic rings. The topological polar surface area (TPSA) is 65.2 Å². The van der Waals surface area contributed by atoms with Crippen LogP contribution in [0.4, 0.5) is 14.6 Å². The average Bonchev–Trinajstić information content (AvgIpc) is 2.28. The SMILES string of the molecule is CCOC(=O)Cc1nc(N)cc(C(F)F)c1CBr. The van der Waals surface area contributed by atoms with Crippen molar-refractivity contribution in [1.82, 2.24) is 4.98 Å². The summed E-state index contributed by atoms with van der Waals surface area (Å²) in [7, 11) is 0. The van der Waals surface area contributed by atoms with Crippen molar-refractivity contribution in [2.24, 2.45) is 0 Å². The summed E-state index contributed by atoms with van der Waals surface area (Å²) in [6.07, 6.45) is -2.83. The van der Waals surface area contributed by atoms with E-state index in [1.165, 1.54) is 0 Å². The Kier molecular flexibility index (Phi) is 5.46. The Hall–Kier alpha value is -1.24. The minimum absolute atomic E-state index is 0.0331. The molecule has 7 heteroatoms. The molecule has 4 nitrogen and oxygen atoms in total. The molecule has 0 spiro atoms. The molecule has 0 fully saturated rings. The van der Waals surface area contributed by atoms with Gasteiger partial charge < -0.3 is 10.5 Å². The van der Waals surface area contributed by atoms with Crippen LogP contribution in [0.15, 0.2) is 6.07 Å². The highest BCUT2D eigenvalue weighted by Crippen LogP contribution is 2.28. The number of nitrogens with two attached hydrogens (primary N) is 1. The zero-order valence-corrected chi connectivity index (χ0v) is 11.3. The maximum atomic E-state index is 12.8. The van der Waals surface area contributed by atoms with Gasteiger partial charge in [-0.3, -0.25) is 4.79 Å². The fraction of sp³-hybridized carbons (Fsp3) is 0.455. The molecule has 0 radical (unpaired) electrons. The van der Waals surface area contributed by atoms with Gasteiger partial charge in [-0.05, 0) is 18.6 Å². The number of pyridine rings is 1. The summed E-state index contributed by atoms with van der Waals surface area (Å²) >= 11 is 3.11. The van der Waals surface area contributed by atoms with Crippen LogP contribution < -0.4 is 5.73 Å². The van der Waals surface area contributed by atoms with Crippen molar-refractivity contribution < 1.29 is 18.3 Å². The van der Waals surface area contributed by atoms with Crippen LogP contribution in [-0.2, 0) is 21.3 Å². The highest BCUT2D eigenvalue weighted by molar-refractivity contribution is 9.08. The minimum Gasteiger partial charge on any atom is -0.466 e. The van der Waals surface area contributed by atoms with Crippen LogP contribution in [0, 0.1) is 0 Å². The van der Waals surface area contributed by atoms with Gasteiger partial charge in [0.1, 0.15) is 5.82 Å². The Morgan fingerprint density at radius 3 is 2.78 bits per heavy atom. The first-order chi connectivity index (χ1) is 8.49.